The maximum Gasteiger partial charge on any atom is 0.402 e. The molecule has 14 heavy (non-hydrogen) atoms. The highest BCUT2D eigenvalue weighted by molar-refractivity contribution is 5.82. The summed E-state index contributed by atoms with van der Waals surface area (Å²) in [5, 5.41) is 10.1. The Balaban J connectivity index is 0. The molecule has 0 spiro atoms. The highest BCUT2D eigenvalue weighted by Gasteiger charge is 2.26. The molecule has 0 aliphatic heterocycles. The summed E-state index contributed by atoms with van der Waals surface area (Å²) in [6.45, 7) is 1.35. The first-order valence-electron chi connectivity index (χ1n) is 3.71. The van der Waals surface area contributed by atoms with E-state index in [1.807, 2.05) is 0 Å². The maximum absolute atomic E-state index is 11.5. The molecule has 0 bridgehead atoms. The van der Waals surface area contributed by atoms with Gasteiger partial charge in [-0.15, -0.1) is 0 Å². The van der Waals surface area contributed by atoms with Crippen LogP contribution in [0.2, 0.25) is 0 Å². The van der Waals surface area contributed by atoms with Gasteiger partial charge in [0.05, 0.1) is 13.7 Å². The minimum atomic E-state index is -5.01. The molecular formula is C7H12F3NO3. The highest BCUT2D eigenvalue weighted by Crippen LogP contribution is 2.20. The fraction of sp³-hybridized carbons (Fsp3) is 0.571. The van der Waals surface area contributed by atoms with Crippen molar-refractivity contribution in [2.24, 2.45) is 0 Å². The molecule has 3 N–H and O–H groups in total. The van der Waals surface area contributed by atoms with Gasteiger partial charge in [0.15, 0.2) is 0 Å². The van der Waals surface area contributed by atoms with Crippen molar-refractivity contribution in [2.45, 2.75) is 13.1 Å². The van der Waals surface area contributed by atoms with Crippen molar-refractivity contribution >= 4 is 5.97 Å². The molecule has 7 heteroatoms. The molecule has 0 amide bonds. The van der Waals surface area contributed by atoms with Gasteiger partial charge < -0.3 is 15.6 Å². The lowest BCUT2D eigenvalue weighted by molar-refractivity contribution is -0.360. The summed E-state index contributed by atoms with van der Waals surface area (Å²) in [5.74, 6) is -3.49. The summed E-state index contributed by atoms with van der Waals surface area (Å²) < 4.78 is 38.5. The van der Waals surface area contributed by atoms with Gasteiger partial charge >= 0.3 is 12.1 Å². The van der Waals surface area contributed by atoms with Crippen molar-refractivity contribution in [3.05, 3.63) is 11.8 Å². The second-order valence-electron chi connectivity index (χ2n) is 1.76. The van der Waals surface area contributed by atoms with Gasteiger partial charge in [-0.25, -0.2) is 4.79 Å². The van der Waals surface area contributed by atoms with Gasteiger partial charge in [0.25, 0.3) is 0 Å². The van der Waals surface area contributed by atoms with Gasteiger partial charge in [-0.2, -0.15) is 13.2 Å². The van der Waals surface area contributed by atoms with E-state index in [0.29, 0.717) is 0 Å². The van der Waals surface area contributed by atoms with Gasteiger partial charge in [0.2, 0.25) is 0 Å². The Morgan fingerprint density at radius 2 is 1.93 bits per heavy atom. The van der Waals surface area contributed by atoms with E-state index in [9.17, 15) is 23.1 Å². The van der Waals surface area contributed by atoms with E-state index in [2.05, 4.69) is 10.5 Å². The van der Waals surface area contributed by atoms with Crippen molar-refractivity contribution < 1.29 is 33.5 Å². The van der Waals surface area contributed by atoms with Crippen molar-refractivity contribution in [2.75, 3.05) is 13.7 Å². The molecule has 0 saturated carbocycles. The number of esters is 1. The average molecular weight is 215 g/mol. The second kappa shape index (κ2) is 7.19. The number of carbonyl (C=O) groups is 1. The van der Waals surface area contributed by atoms with E-state index in [1.165, 1.54) is 6.92 Å². The Morgan fingerprint density at radius 1 is 1.50 bits per heavy atom. The fourth-order valence-corrected chi connectivity index (χ4v) is 0.373. The highest BCUT2D eigenvalue weighted by atomic mass is 19.4. The van der Waals surface area contributed by atoms with Crippen LogP contribution in [-0.2, 0) is 9.53 Å². The lowest BCUT2D eigenvalue weighted by Gasteiger charge is -2.14. The van der Waals surface area contributed by atoms with Crippen molar-refractivity contribution in [1.29, 1.82) is 0 Å². The third-order valence-corrected chi connectivity index (χ3v) is 0.815. The molecule has 0 saturated heterocycles. The van der Waals surface area contributed by atoms with Crippen LogP contribution >= 0.6 is 0 Å². The largest absolute Gasteiger partial charge is 0.869 e. The molecule has 0 aromatic carbocycles. The molecule has 0 aliphatic rings. The van der Waals surface area contributed by atoms with Crippen molar-refractivity contribution in [3.8, 4) is 0 Å². The van der Waals surface area contributed by atoms with Gasteiger partial charge in [0.1, 0.15) is 0 Å². The Labute approximate surface area is 79.2 Å². The number of halogens is 3. The number of ether oxygens (including phenoxy) is 1. The molecule has 0 fully saturated rings. The van der Waals surface area contributed by atoms with Crippen LogP contribution in [0, 0.1) is 0 Å². The Bertz CT molecular complexity index is 201. The SMILES string of the molecule is CCOC(=O)/C=C(\[O-])C(F)(F)F.C[NH3+]. The van der Waals surface area contributed by atoms with Gasteiger partial charge in [0, 0.05) is 6.08 Å². The third-order valence-electron chi connectivity index (χ3n) is 0.815. The zero-order chi connectivity index (χ0) is 11.8. The molecule has 0 aromatic rings. The first-order chi connectivity index (χ1) is 6.38. The fourth-order valence-electron chi connectivity index (χ4n) is 0.373. The van der Waals surface area contributed by atoms with Crippen molar-refractivity contribution in [3.63, 3.8) is 0 Å². The van der Waals surface area contributed by atoms with E-state index >= 15 is 0 Å². The monoisotopic (exact) mass is 215 g/mol. The summed E-state index contributed by atoms with van der Waals surface area (Å²) in [6.07, 6.45) is -5.13. The standard InChI is InChI=1S/C6H7F3O3.CH5N/c1-2-12-5(11)3-4(10)6(7,8)9;1-2/h3,10H,2H2,1H3;2H2,1H3/b4-3-;. The Hall–Kier alpha value is -1.24. The molecule has 0 heterocycles. The zero-order valence-electron chi connectivity index (χ0n) is 7.85. The number of carbonyl (C=O) groups excluding carboxylic acids is 1. The third kappa shape index (κ3) is 7.41. The molecule has 0 atom stereocenters. The van der Waals surface area contributed by atoms with E-state index < -0.39 is 17.9 Å². The van der Waals surface area contributed by atoms with E-state index in [-0.39, 0.29) is 12.7 Å². The number of alkyl halides is 3. The molecule has 0 radical (unpaired) electrons. The van der Waals surface area contributed by atoms with Crippen LogP contribution in [-0.4, -0.2) is 25.8 Å². The van der Waals surface area contributed by atoms with Crippen LogP contribution in [0.4, 0.5) is 13.2 Å². The topological polar surface area (TPSA) is 77.0 Å². The lowest BCUT2D eigenvalue weighted by Crippen LogP contribution is -2.40. The van der Waals surface area contributed by atoms with Crippen LogP contribution in [0.1, 0.15) is 6.92 Å². The summed E-state index contributed by atoms with van der Waals surface area (Å²) >= 11 is 0. The van der Waals surface area contributed by atoms with Crippen molar-refractivity contribution in [1.82, 2.24) is 0 Å². The van der Waals surface area contributed by atoms with Crippen LogP contribution in [0.25, 0.3) is 0 Å². The molecule has 0 aromatic heterocycles. The predicted octanol–water partition coefficient (Wildman–Crippen LogP) is -0.786. The number of hydrogen-bond acceptors (Lipinski definition) is 3. The average Bonchev–Trinajstić information content (AvgIpc) is 2.06. The summed E-state index contributed by atoms with van der Waals surface area (Å²) in [7, 11) is 1.75. The van der Waals surface area contributed by atoms with E-state index in [1.54, 1.807) is 7.05 Å². The first-order valence-corrected chi connectivity index (χ1v) is 3.71. The molecule has 0 rings (SSSR count). The number of allylic oxidation sites excluding steroid dienone is 1. The maximum atomic E-state index is 11.5. The van der Waals surface area contributed by atoms with Crippen LogP contribution in [0.5, 0.6) is 0 Å². The predicted molar refractivity (Wildman–Crippen MR) is 39.6 cm³/mol. The first kappa shape index (κ1) is 15.2. The minimum absolute atomic E-state index is 0.0690. The molecule has 0 aliphatic carbocycles. The molecule has 4 nitrogen and oxygen atoms in total. The van der Waals surface area contributed by atoms with E-state index in [0.717, 1.165) is 0 Å². The van der Waals surface area contributed by atoms with Gasteiger partial charge in [-0.3, -0.25) is 0 Å². The smallest absolute Gasteiger partial charge is 0.402 e. The van der Waals surface area contributed by atoms with E-state index in [4.69, 9.17) is 0 Å². The quantitative estimate of drug-likeness (QED) is 0.372. The molecular weight excluding hydrogens is 203 g/mol. The molecule has 84 valence electrons. The zero-order valence-corrected chi connectivity index (χ0v) is 7.85. The number of hydrogen-bond donors (Lipinski definition) is 1. The van der Waals surface area contributed by atoms with Crippen LogP contribution < -0.4 is 10.8 Å². The van der Waals surface area contributed by atoms with Crippen LogP contribution in [0.15, 0.2) is 11.8 Å². The number of rotatable bonds is 2. The lowest BCUT2D eigenvalue weighted by atomic mass is 10.4. The molecule has 0 unspecified atom stereocenters. The van der Waals surface area contributed by atoms with Gasteiger partial charge in [-0.05, 0) is 12.7 Å². The summed E-state index contributed by atoms with van der Waals surface area (Å²) in [5.41, 5.74) is 3.25. The Morgan fingerprint density at radius 3 is 2.21 bits per heavy atom. The minimum Gasteiger partial charge on any atom is -0.869 e. The summed E-state index contributed by atoms with van der Waals surface area (Å²) in [6, 6.07) is 0. The second-order valence-corrected chi connectivity index (χ2v) is 1.76. The number of quaternary nitrogens is 1. The normalized spacial score (nSPS) is 11.4. The van der Waals surface area contributed by atoms with Crippen LogP contribution in [0.3, 0.4) is 0 Å². The Kier molecular flexibility index (Phi) is 7.83. The van der Waals surface area contributed by atoms with Gasteiger partial charge in [-0.1, -0.05) is 0 Å². The summed E-state index contributed by atoms with van der Waals surface area (Å²) in [4.78, 5) is 10.3.